The van der Waals surface area contributed by atoms with E-state index < -0.39 is 0 Å². The lowest BCUT2D eigenvalue weighted by Crippen LogP contribution is -2.46. The predicted molar refractivity (Wildman–Crippen MR) is 277 cm³/mol. The number of fused-ring (bicyclic) bond motifs is 2. The maximum absolute atomic E-state index is 11.7. The smallest absolute Gasteiger partial charge is 0.224 e. The van der Waals surface area contributed by atoms with Gasteiger partial charge in [-0.2, -0.15) is 0 Å². The molecule has 348 valence electrons. The Morgan fingerprint density at radius 3 is 1.55 bits per heavy atom. The van der Waals surface area contributed by atoms with Crippen LogP contribution in [0.15, 0.2) is 126 Å². The zero-order valence-electron chi connectivity index (χ0n) is 36.8. The summed E-state index contributed by atoms with van der Waals surface area (Å²) >= 11 is 28.5. The predicted octanol–water partition coefficient (Wildman–Crippen LogP) is 12.3. The van der Waals surface area contributed by atoms with E-state index in [0.717, 1.165) is 128 Å². The molecule has 10 nitrogen and oxygen atoms in total. The van der Waals surface area contributed by atoms with E-state index in [1.807, 2.05) is 72.8 Å². The Bertz CT molecular complexity index is 2710. The summed E-state index contributed by atoms with van der Waals surface area (Å²) in [6, 6.07) is 39.2. The molecule has 2 fully saturated rings. The summed E-state index contributed by atoms with van der Waals surface area (Å²) < 4.78 is 7.24. The lowest BCUT2D eigenvalue weighted by Gasteiger charge is -2.36. The lowest BCUT2D eigenvalue weighted by atomic mass is 10.0. The normalized spacial score (nSPS) is 16.0. The lowest BCUT2D eigenvalue weighted by molar-refractivity contribution is -0.117. The number of hydrogen-bond acceptors (Lipinski definition) is 8. The van der Waals surface area contributed by atoms with E-state index in [2.05, 4.69) is 82.6 Å². The van der Waals surface area contributed by atoms with Crippen molar-refractivity contribution in [3.63, 3.8) is 0 Å². The molecule has 0 bridgehead atoms. The van der Waals surface area contributed by atoms with Crippen molar-refractivity contribution in [3.8, 4) is 17.2 Å². The molecule has 0 unspecified atom stereocenters. The third-order valence-corrected chi connectivity index (χ3v) is 14.2. The van der Waals surface area contributed by atoms with E-state index in [0.29, 0.717) is 32.9 Å². The molecule has 15 heteroatoms. The number of phenolic OH excluding ortho intramolecular Hbond substituents is 1. The Hall–Kier alpha value is -4.98. The van der Waals surface area contributed by atoms with Crippen LogP contribution in [0.4, 0.5) is 22.7 Å². The molecule has 0 atom stereocenters. The first-order chi connectivity index (χ1) is 32.4. The number of benzene rings is 6. The number of rotatable bonds is 8. The minimum absolute atomic E-state index is 0.0214. The van der Waals surface area contributed by atoms with Crippen molar-refractivity contribution in [1.82, 2.24) is 9.80 Å². The molecule has 10 rings (SSSR count). The number of ether oxygens (including phenoxy) is 1. The summed E-state index contributed by atoms with van der Waals surface area (Å²) in [5.74, 6) is 1.78. The average molecular weight is 1050 g/mol. The van der Waals surface area contributed by atoms with Crippen molar-refractivity contribution in [2.24, 2.45) is 0 Å². The molecule has 2 amide bonds. The summed E-state index contributed by atoms with van der Waals surface area (Å²) in [5, 5.41) is 17.2. The van der Waals surface area contributed by atoms with Gasteiger partial charge in [0.2, 0.25) is 11.8 Å². The fourth-order valence-electron chi connectivity index (χ4n) is 8.54. The molecule has 67 heavy (non-hydrogen) atoms. The Morgan fingerprint density at radius 2 is 1.00 bits per heavy atom. The van der Waals surface area contributed by atoms with E-state index in [1.165, 1.54) is 11.1 Å². The Kier molecular flexibility index (Phi) is 16.6. The minimum Gasteiger partial charge on any atom is -0.508 e. The molecule has 0 radical (unpaired) electrons. The van der Waals surface area contributed by atoms with Crippen LogP contribution in [0.3, 0.4) is 0 Å². The van der Waals surface area contributed by atoms with Gasteiger partial charge in [0.25, 0.3) is 0 Å². The highest BCUT2D eigenvalue weighted by molar-refractivity contribution is 9.10. The third kappa shape index (κ3) is 13.2. The highest BCUT2D eigenvalue weighted by Gasteiger charge is 2.22. The number of aryl methyl sites for hydroxylation is 2. The van der Waals surface area contributed by atoms with Crippen LogP contribution < -0.4 is 25.2 Å². The molecule has 6 aromatic carbocycles. The Balaban J connectivity index is 0.000000153. The van der Waals surface area contributed by atoms with Crippen molar-refractivity contribution < 1.29 is 19.4 Å². The second-order valence-electron chi connectivity index (χ2n) is 16.8. The zero-order chi connectivity index (χ0) is 46.9. The summed E-state index contributed by atoms with van der Waals surface area (Å²) in [5.41, 5.74) is 8.40. The molecule has 4 heterocycles. The maximum Gasteiger partial charge on any atom is 0.224 e. The van der Waals surface area contributed by atoms with Gasteiger partial charge in [0.15, 0.2) is 0 Å². The Labute approximate surface area is 420 Å². The van der Waals surface area contributed by atoms with Crippen molar-refractivity contribution in [2.75, 3.05) is 72.8 Å². The fraction of sp³-hybridized carbons (Fsp3) is 0.269. The summed E-state index contributed by atoms with van der Waals surface area (Å²) in [4.78, 5) is 32.1. The fourth-order valence-corrected chi connectivity index (χ4v) is 9.81. The van der Waals surface area contributed by atoms with E-state index in [4.69, 9.17) is 56.2 Å². The summed E-state index contributed by atoms with van der Waals surface area (Å²) in [7, 11) is 0. The molecular weight excluding hydrogens is 994 g/mol. The van der Waals surface area contributed by atoms with Gasteiger partial charge in [0.05, 0.1) is 31.5 Å². The van der Waals surface area contributed by atoms with Crippen molar-refractivity contribution >= 4 is 96.9 Å². The topological polar surface area (TPSA) is 101 Å². The van der Waals surface area contributed by atoms with Gasteiger partial charge in [-0.15, -0.1) is 0 Å². The number of halogens is 5. The Morgan fingerprint density at radius 1 is 0.522 bits per heavy atom. The van der Waals surface area contributed by atoms with Crippen molar-refractivity contribution in [3.05, 3.63) is 168 Å². The number of nitrogens with zero attached hydrogens (tertiary/aromatic N) is 4. The number of aromatic hydroxyl groups is 1. The van der Waals surface area contributed by atoms with E-state index in [1.54, 1.807) is 12.1 Å². The van der Waals surface area contributed by atoms with Gasteiger partial charge >= 0.3 is 0 Å². The number of nitrogens with one attached hydrogen (secondary N) is 2. The van der Waals surface area contributed by atoms with Crippen LogP contribution in [0.5, 0.6) is 17.2 Å². The zero-order valence-corrected chi connectivity index (χ0v) is 41.4. The number of carbonyl (C=O) groups is 2. The van der Waals surface area contributed by atoms with Crippen LogP contribution in [0, 0.1) is 0 Å². The first-order valence-electron chi connectivity index (χ1n) is 22.3. The van der Waals surface area contributed by atoms with Crippen LogP contribution in [-0.4, -0.2) is 79.1 Å². The van der Waals surface area contributed by atoms with Gasteiger partial charge < -0.3 is 30.3 Å². The number of hydrogen-bond donors (Lipinski definition) is 3. The number of anilines is 4. The molecule has 0 spiro atoms. The second-order valence-corrected chi connectivity index (χ2v) is 19.3. The van der Waals surface area contributed by atoms with Crippen molar-refractivity contribution in [2.45, 2.75) is 38.8 Å². The maximum atomic E-state index is 11.7. The van der Waals surface area contributed by atoms with Crippen LogP contribution in [0.25, 0.3) is 0 Å². The van der Waals surface area contributed by atoms with Crippen LogP contribution >= 0.6 is 62.3 Å². The van der Waals surface area contributed by atoms with Gasteiger partial charge in [0.1, 0.15) is 17.2 Å². The molecule has 0 saturated carbocycles. The number of amides is 2. The number of phenols is 1. The molecule has 0 aromatic heterocycles. The summed E-state index contributed by atoms with van der Waals surface area (Å²) in [6.45, 7) is 9.50. The van der Waals surface area contributed by atoms with Gasteiger partial charge in [-0.1, -0.05) is 111 Å². The van der Waals surface area contributed by atoms with E-state index in [9.17, 15) is 9.59 Å². The molecular formula is C52H51BrCl4N6O4. The SMILES string of the molecule is Clc1cccc(N2CCN(Cc3cccc(Br)c3)CC2)c1Cl.O=C1CCc2ccc(O)cc2N1.O=C1CCc2ccc(Oc3cccc(CN4CCN(c5cccc(Cl)c5Cl)CC4)c3)cc2N1. The largest absolute Gasteiger partial charge is 0.508 e. The standard InChI is InChI=1S/C26H25Cl2N3O2.C17H17BrCl2N2.C9H9NO2/c27-22-5-2-6-24(26(22)28)31-13-11-30(12-14-31)17-18-3-1-4-20(15-18)33-21-9-7-19-8-10-25(32)29-23(19)16-21;18-14-4-1-3-13(11-14)12-21-7-9-22(10-8-21)16-6-2-5-15(19)17(16)20;11-7-3-1-6-2-4-9(12)10-8(6)5-7/h1-7,9,15-16H,8,10-14,17H2,(H,29,32);1-6,11H,7-10,12H2;1,3,5,11H,2,4H2,(H,10,12). The average Bonchev–Trinajstić information content (AvgIpc) is 3.32. The molecule has 0 aliphatic carbocycles. The monoisotopic (exact) mass is 1040 g/mol. The third-order valence-electron chi connectivity index (χ3n) is 12.1. The van der Waals surface area contributed by atoms with Crippen LogP contribution in [-0.2, 0) is 35.5 Å². The van der Waals surface area contributed by atoms with Gasteiger partial charge in [-0.05, 0) is 95.8 Å². The van der Waals surface area contributed by atoms with Crippen molar-refractivity contribution in [1.29, 1.82) is 0 Å². The minimum atomic E-state index is 0.0214. The molecule has 6 aromatic rings. The molecule has 4 aliphatic heterocycles. The van der Waals surface area contributed by atoms with Crippen LogP contribution in [0.2, 0.25) is 20.1 Å². The van der Waals surface area contributed by atoms with E-state index >= 15 is 0 Å². The second kappa shape index (κ2) is 22.9. The van der Waals surface area contributed by atoms with Gasteiger partial charge in [0, 0.05) is 106 Å². The van der Waals surface area contributed by atoms with Gasteiger partial charge in [-0.3, -0.25) is 19.4 Å². The molecule has 4 aliphatic rings. The number of piperazine rings is 2. The quantitative estimate of drug-likeness (QED) is 0.139. The highest BCUT2D eigenvalue weighted by atomic mass is 79.9. The summed E-state index contributed by atoms with van der Waals surface area (Å²) in [6.07, 6.45) is 2.61. The highest BCUT2D eigenvalue weighted by Crippen LogP contribution is 2.35. The van der Waals surface area contributed by atoms with Gasteiger partial charge in [-0.25, -0.2) is 0 Å². The molecule has 2 saturated heterocycles. The first kappa shape index (κ1) is 48.5. The molecule has 3 N–H and O–H groups in total. The first-order valence-corrected chi connectivity index (χ1v) is 24.6. The van der Waals surface area contributed by atoms with Crippen LogP contribution in [0.1, 0.15) is 35.1 Å². The number of carbonyl (C=O) groups excluding carboxylic acids is 2. The van der Waals surface area contributed by atoms with E-state index in [-0.39, 0.29) is 17.6 Å².